The molecule has 0 spiro atoms. The SMILES string of the molecule is CC1CC1(O)[C@@]1(c2ccc(C#N)cc2)c2ccc(C(C)(C)O)cc2C(=O)N1Cc1ccc(Cl)cn1. The van der Waals surface area contributed by atoms with E-state index in [9.17, 15) is 20.3 Å². The Hall–Kier alpha value is -3.24. The number of halogens is 1. The van der Waals surface area contributed by atoms with Gasteiger partial charge in [0.25, 0.3) is 5.91 Å². The zero-order valence-electron chi connectivity index (χ0n) is 19.8. The summed E-state index contributed by atoms with van der Waals surface area (Å²) in [4.78, 5) is 20.2. The van der Waals surface area contributed by atoms with Gasteiger partial charge < -0.3 is 15.1 Å². The van der Waals surface area contributed by atoms with E-state index in [1.807, 2.05) is 31.2 Å². The molecule has 2 aliphatic rings. The van der Waals surface area contributed by atoms with E-state index in [0.29, 0.717) is 39.4 Å². The molecule has 35 heavy (non-hydrogen) atoms. The number of hydrogen-bond acceptors (Lipinski definition) is 5. The first-order valence-corrected chi connectivity index (χ1v) is 11.9. The van der Waals surface area contributed by atoms with Crippen molar-refractivity contribution < 1.29 is 15.0 Å². The Morgan fingerprint density at radius 2 is 1.89 bits per heavy atom. The molecule has 2 N–H and O–H groups in total. The lowest BCUT2D eigenvalue weighted by molar-refractivity contribution is -0.0232. The molecule has 7 heteroatoms. The molecule has 1 aliphatic heterocycles. The highest BCUT2D eigenvalue weighted by Gasteiger charge is 2.71. The summed E-state index contributed by atoms with van der Waals surface area (Å²) in [5, 5.41) is 32.5. The van der Waals surface area contributed by atoms with Gasteiger partial charge in [-0.15, -0.1) is 0 Å². The fraction of sp³-hybridized carbons (Fsp3) is 0.321. The maximum absolute atomic E-state index is 14.1. The van der Waals surface area contributed by atoms with Crippen LogP contribution in [0.5, 0.6) is 0 Å². The molecule has 1 aliphatic carbocycles. The number of hydrogen-bond donors (Lipinski definition) is 2. The molecule has 178 valence electrons. The first-order valence-electron chi connectivity index (χ1n) is 11.5. The lowest BCUT2D eigenvalue weighted by Crippen LogP contribution is -2.55. The highest BCUT2D eigenvalue weighted by Crippen LogP contribution is 2.63. The van der Waals surface area contributed by atoms with Gasteiger partial charge in [-0.1, -0.05) is 42.8 Å². The average Bonchev–Trinajstić information content (AvgIpc) is 3.37. The summed E-state index contributed by atoms with van der Waals surface area (Å²) >= 11 is 6.04. The van der Waals surface area contributed by atoms with E-state index in [-0.39, 0.29) is 18.4 Å². The van der Waals surface area contributed by atoms with E-state index in [4.69, 9.17) is 11.6 Å². The highest BCUT2D eigenvalue weighted by atomic mass is 35.5. The van der Waals surface area contributed by atoms with Crippen molar-refractivity contribution in [2.45, 2.75) is 50.5 Å². The van der Waals surface area contributed by atoms with Crippen molar-refractivity contribution in [2.24, 2.45) is 5.92 Å². The normalized spacial score (nSPS) is 25.3. The van der Waals surface area contributed by atoms with Gasteiger partial charge in [0.2, 0.25) is 0 Å². The largest absolute Gasteiger partial charge is 0.386 e. The van der Waals surface area contributed by atoms with Gasteiger partial charge in [0.05, 0.1) is 40.1 Å². The van der Waals surface area contributed by atoms with Gasteiger partial charge in [0, 0.05) is 11.8 Å². The lowest BCUT2D eigenvalue weighted by atomic mass is 9.74. The summed E-state index contributed by atoms with van der Waals surface area (Å²) in [6, 6.07) is 18.1. The first kappa shape index (κ1) is 23.5. The number of amides is 1. The lowest BCUT2D eigenvalue weighted by Gasteiger charge is -2.44. The number of rotatable bonds is 5. The predicted octanol–water partition coefficient (Wildman–Crippen LogP) is 4.50. The fourth-order valence-electron chi connectivity index (χ4n) is 5.44. The molecule has 0 saturated heterocycles. The molecular weight excluding hydrogens is 462 g/mol. The Morgan fingerprint density at radius 3 is 2.43 bits per heavy atom. The molecule has 5 rings (SSSR count). The number of nitrogens with zero attached hydrogens (tertiary/aromatic N) is 3. The van der Waals surface area contributed by atoms with Gasteiger partial charge in [-0.25, -0.2) is 0 Å². The maximum Gasteiger partial charge on any atom is 0.255 e. The summed E-state index contributed by atoms with van der Waals surface area (Å²) in [6.45, 7) is 5.47. The predicted molar refractivity (Wildman–Crippen MR) is 131 cm³/mol. The van der Waals surface area contributed by atoms with Crippen LogP contribution in [0.15, 0.2) is 60.8 Å². The van der Waals surface area contributed by atoms with Crippen LogP contribution in [-0.4, -0.2) is 31.6 Å². The third-order valence-corrected chi connectivity index (χ3v) is 7.66. The van der Waals surface area contributed by atoms with Crippen LogP contribution in [0.3, 0.4) is 0 Å². The molecule has 2 heterocycles. The molecular formula is C28H26ClN3O3. The average molecular weight is 488 g/mol. The quantitative estimate of drug-likeness (QED) is 0.552. The fourth-order valence-corrected chi connectivity index (χ4v) is 5.55. The van der Waals surface area contributed by atoms with Crippen molar-refractivity contribution in [3.05, 3.63) is 99.3 Å². The Bertz CT molecular complexity index is 1360. The second-order valence-corrected chi connectivity index (χ2v) is 10.5. The van der Waals surface area contributed by atoms with E-state index in [0.717, 1.165) is 5.56 Å². The minimum atomic E-state index is -1.22. The third-order valence-electron chi connectivity index (χ3n) is 7.44. The van der Waals surface area contributed by atoms with Gasteiger partial charge >= 0.3 is 0 Å². The van der Waals surface area contributed by atoms with E-state index < -0.39 is 16.7 Å². The maximum atomic E-state index is 14.1. The van der Waals surface area contributed by atoms with Crippen LogP contribution in [0.4, 0.5) is 0 Å². The molecule has 1 amide bonds. The number of nitriles is 1. The van der Waals surface area contributed by atoms with Crippen molar-refractivity contribution in [3.8, 4) is 6.07 Å². The van der Waals surface area contributed by atoms with Gasteiger partial charge in [0.1, 0.15) is 5.54 Å². The van der Waals surface area contributed by atoms with Crippen LogP contribution in [0.1, 0.15) is 65.5 Å². The molecule has 3 atom stereocenters. The Balaban J connectivity index is 1.78. The minimum absolute atomic E-state index is 0.0634. The number of pyridine rings is 1. The Kier molecular flexibility index (Phi) is 5.30. The number of aliphatic hydroxyl groups is 2. The minimum Gasteiger partial charge on any atom is -0.386 e. The van der Waals surface area contributed by atoms with E-state index >= 15 is 0 Å². The molecule has 0 bridgehead atoms. The van der Waals surface area contributed by atoms with Crippen LogP contribution >= 0.6 is 11.6 Å². The summed E-state index contributed by atoms with van der Waals surface area (Å²) in [6.07, 6.45) is 2.05. The highest BCUT2D eigenvalue weighted by molar-refractivity contribution is 6.30. The van der Waals surface area contributed by atoms with Gasteiger partial charge in [0.15, 0.2) is 0 Å². The Labute approximate surface area is 209 Å². The van der Waals surface area contributed by atoms with Gasteiger partial charge in [-0.2, -0.15) is 5.26 Å². The topological polar surface area (TPSA) is 97.4 Å². The first-order chi connectivity index (χ1) is 16.5. The van der Waals surface area contributed by atoms with Crippen LogP contribution in [0.25, 0.3) is 0 Å². The zero-order valence-corrected chi connectivity index (χ0v) is 20.5. The number of fused-ring (bicyclic) bond motifs is 1. The van der Waals surface area contributed by atoms with Crippen molar-refractivity contribution >= 4 is 17.5 Å². The second kappa shape index (κ2) is 7.89. The standard InChI is InChI=1S/C28H26ClN3O3/c1-17-13-27(17,35)28(19-6-4-18(14-30)5-7-19)24-11-8-20(26(2,3)34)12-23(24)25(33)32(28)16-22-10-9-21(29)15-31-22/h4-12,15,17,34-35H,13,16H2,1-3H3/t17?,27?,28-/m1/s1. The number of carbonyl (C=O) groups is 1. The smallest absolute Gasteiger partial charge is 0.255 e. The van der Waals surface area contributed by atoms with Crippen LogP contribution in [0, 0.1) is 17.2 Å². The number of aromatic nitrogens is 1. The van der Waals surface area contributed by atoms with Gasteiger partial charge in [-0.3, -0.25) is 9.78 Å². The van der Waals surface area contributed by atoms with Crippen LogP contribution in [-0.2, 0) is 17.7 Å². The molecule has 6 nitrogen and oxygen atoms in total. The molecule has 1 fully saturated rings. The van der Waals surface area contributed by atoms with E-state index in [1.165, 1.54) is 6.20 Å². The molecule has 2 aromatic carbocycles. The van der Waals surface area contributed by atoms with E-state index in [2.05, 4.69) is 11.1 Å². The van der Waals surface area contributed by atoms with Gasteiger partial charge in [-0.05, 0) is 73.2 Å². The van der Waals surface area contributed by atoms with Crippen LogP contribution in [0.2, 0.25) is 5.02 Å². The summed E-state index contributed by atoms with van der Waals surface area (Å²) in [5.41, 5.74) is 0.0385. The third kappa shape index (κ3) is 3.46. The number of benzene rings is 2. The van der Waals surface area contributed by atoms with Crippen molar-refractivity contribution in [3.63, 3.8) is 0 Å². The molecule has 2 unspecified atom stereocenters. The molecule has 0 radical (unpaired) electrons. The number of carbonyl (C=O) groups excluding carboxylic acids is 1. The molecule has 1 aromatic heterocycles. The molecule has 3 aromatic rings. The zero-order chi connectivity index (χ0) is 25.2. The molecule has 1 saturated carbocycles. The van der Waals surface area contributed by atoms with Crippen molar-refractivity contribution in [1.29, 1.82) is 5.26 Å². The summed E-state index contributed by atoms with van der Waals surface area (Å²) in [5.74, 6) is -0.314. The second-order valence-electron chi connectivity index (χ2n) is 10.1. The summed E-state index contributed by atoms with van der Waals surface area (Å²) in [7, 11) is 0. The van der Waals surface area contributed by atoms with Crippen LogP contribution < -0.4 is 0 Å². The van der Waals surface area contributed by atoms with Crippen molar-refractivity contribution in [2.75, 3.05) is 0 Å². The summed E-state index contributed by atoms with van der Waals surface area (Å²) < 4.78 is 0. The van der Waals surface area contributed by atoms with E-state index in [1.54, 1.807) is 49.1 Å². The van der Waals surface area contributed by atoms with Crippen molar-refractivity contribution in [1.82, 2.24) is 9.88 Å². The monoisotopic (exact) mass is 487 g/mol. The Morgan fingerprint density at radius 1 is 1.20 bits per heavy atom.